The number of anilines is 1. The Morgan fingerprint density at radius 3 is 2.89 bits per heavy atom. The van der Waals surface area contributed by atoms with E-state index >= 15 is 0 Å². The van der Waals surface area contributed by atoms with E-state index in [0.29, 0.717) is 11.3 Å². The highest BCUT2D eigenvalue weighted by Crippen LogP contribution is 2.17. The van der Waals surface area contributed by atoms with Crippen molar-refractivity contribution in [3.63, 3.8) is 0 Å². The molecule has 0 aliphatic carbocycles. The summed E-state index contributed by atoms with van der Waals surface area (Å²) in [5.41, 5.74) is 4.87. The predicted molar refractivity (Wildman–Crippen MR) is 72.4 cm³/mol. The van der Waals surface area contributed by atoms with Crippen LogP contribution < -0.4 is 16.6 Å². The normalized spacial score (nSPS) is 19.8. The van der Waals surface area contributed by atoms with Gasteiger partial charge < -0.3 is 15.6 Å². The van der Waals surface area contributed by atoms with Gasteiger partial charge in [-0.05, 0) is 39.1 Å². The van der Waals surface area contributed by atoms with Gasteiger partial charge in [0.2, 0.25) is 0 Å². The van der Waals surface area contributed by atoms with E-state index in [4.69, 9.17) is 5.84 Å². The molecule has 1 unspecified atom stereocenters. The molecule has 1 aromatic carbocycles. The van der Waals surface area contributed by atoms with Gasteiger partial charge in [0.25, 0.3) is 5.91 Å². The molecule has 5 nitrogen and oxygen atoms in total. The van der Waals surface area contributed by atoms with E-state index < -0.39 is 0 Å². The number of amides is 1. The number of hydrogen-bond donors (Lipinski definition) is 3. The second kappa shape index (κ2) is 5.37. The second-order valence-corrected chi connectivity index (χ2v) is 4.91. The third-order valence-electron chi connectivity index (χ3n) is 3.30. The van der Waals surface area contributed by atoms with Gasteiger partial charge in [0.05, 0.1) is 11.3 Å². The minimum absolute atomic E-state index is 0.0630. The molecule has 0 radical (unpaired) electrons. The molecule has 1 atom stereocenters. The predicted octanol–water partition coefficient (Wildman–Crippen LogP) is 0.715. The molecule has 1 aliphatic rings. The van der Waals surface area contributed by atoms with Crippen LogP contribution >= 0.6 is 0 Å². The van der Waals surface area contributed by atoms with Crippen LogP contribution in [-0.4, -0.2) is 37.0 Å². The van der Waals surface area contributed by atoms with Crippen LogP contribution in [0.5, 0.6) is 0 Å². The van der Waals surface area contributed by atoms with Crippen LogP contribution in [0.2, 0.25) is 0 Å². The van der Waals surface area contributed by atoms with E-state index in [9.17, 15) is 4.79 Å². The maximum atomic E-state index is 12.2. The molecule has 2 rings (SSSR count). The van der Waals surface area contributed by atoms with Gasteiger partial charge >= 0.3 is 0 Å². The fourth-order valence-corrected chi connectivity index (χ4v) is 2.29. The summed E-state index contributed by atoms with van der Waals surface area (Å²) < 4.78 is 0. The summed E-state index contributed by atoms with van der Waals surface area (Å²) in [5.74, 6) is 5.37. The summed E-state index contributed by atoms with van der Waals surface area (Å²) in [6.45, 7) is 3.89. The standard InChI is InChI=1S/C13H20N4O/c1-9-3-4-12(16-14)11(7-9)13(18)15-10-5-6-17(2)8-10/h3-4,7,10,16H,5-6,8,14H2,1-2H3,(H,15,18). The van der Waals surface area contributed by atoms with Crippen LogP contribution in [0.4, 0.5) is 5.69 Å². The Morgan fingerprint density at radius 2 is 2.28 bits per heavy atom. The van der Waals surface area contributed by atoms with Crippen LogP contribution in [0, 0.1) is 6.92 Å². The van der Waals surface area contributed by atoms with Crippen molar-refractivity contribution in [3.8, 4) is 0 Å². The van der Waals surface area contributed by atoms with Gasteiger partial charge in [-0.2, -0.15) is 0 Å². The van der Waals surface area contributed by atoms with E-state index in [-0.39, 0.29) is 11.9 Å². The Hall–Kier alpha value is -1.59. The molecule has 0 aromatic heterocycles. The average Bonchev–Trinajstić information content (AvgIpc) is 2.74. The molecular formula is C13H20N4O. The summed E-state index contributed by atoms with van der Waals surface area (Å²) in [6, 6.07) is 5.83. The Balaban J connectivity index is 2.10. The number of likely N-dealkylation sites (tertiary alicyclic amines) is 1. The Labute approximate surface area is 107 Å². The van der Waals surface area contributed by atoms with Crippen molar-refractivity contribution in [2.24, 2.45) is 5.84 Å². The van der Waals surface area contributed by atoms with Gasteiger partial charge in [-0.3, -0.25) is 10.6 Å². The fraction of sp³-hybridized carbons (Fsp3) is 0.462. The third kappa shape index (κ3) is 2.80. The lowest BCUT2D eigenvalue weighted by molar-refractivity contribution is 0.0939. The monoisotopic (exact) mass is 248 g/mol. The highest BCUT2D eigenvalue weighted by atomic mass is 16.1. The SMILES string of the molecule is Cc1ccc(NN)c(C(=O)NC2CCN(C)C2)c1. The number of hydrogen-bond acceptors (Lipinski definition) is 4. The van der Waals surface area contributed by atoms with Gasteiger partial charge in [-0.25, -0.2) is 0 Å². The van der Waals surface area contributed by atoms with Gasteiger partial charge in [0.15, 0.2) is 0 Å². The maximum absolute atomic E-state index is 12.2. The van der Waals surface area contributed by atoms with Gasteiger partial charge in [0.1, 0.15) is 0 Å². The minimum Gasteiger partial charge on any atom is -0.348 e. The molecule has 1 fully saturated rings. The Bertz CT molecular complexity index is 447. The van der Waals surface area contributed by atoms with E-state index in [1.54, 1.807) is 0 Å². The van der Waals surface area contributed by atoms with Crippen LogP contribution in [0.3, 0.4) is 0 Å². The number of likely N-dealkylation sites (N-methyl/N-ethyl adjacent to an activating group) is 1. The highest BCUT2D eigenvalue weighted by molar-refractivity contribution is 5.99. The zero-order valence-corrected chi connectivity index (χ0v) is 10.9. The number of nitrogens with one attached hydrogen (secondary N) is 2. The third-order valence-corrected chi connectivity index (χ3v) is 3.30. The summed E-state index contributed by atoms with van der Waals surface area (Å²) in [4.78, 5) is 14.4. The molecule has 0 bridgehead atoms. The number of rotatable bonds is 3. The van der Waals surface area contributed by atoms with Crippen molar-refractivity contribution in [3.05, 3.63) is 29.3 Å². The number of benzene rings is 1. The summed E-state index contributed by atoms with van der Waals surface area (Å²) in [6.07, 6.45) is 0.999. The molecule has 1 amide bonds. The van der Waals surface area contributed by atoms with Crippen molar-refractivity contribution < 1.29 is 4.79 Å². The molecule has 5 heteroatoms. The fourth-order valence-electron chi connectivity index (χ4n) is 2.29. The largest absolute Gasteiger partial charge is 0.348 e. The van der Waals surface area contributed by atoms with Gasteiger partial charge in [-0.1, -0.05) is 11.6 Å². The molecule has 0 spiro atoms. The first-order valence-corrected chi connectivity index (χ1v) is 6.17. The van der Waals surface area contributed by atoms with Crippen molar-refractivity contribution in [1.29, 1.82) is 0 Å². The van der Waals surface area contributed by atoms with Crippen molar-refractivity contribution in [2.75, 3.05) is 25.6 Å². The summed E-state index contributed by atoms with van der Waals surface area (Å²) in [7, 11) is 2.06. The second-order valence-electron chi connectivity index (χ2n) is 4.91. The molecule has 1 aromatic rings. The first-order valence-electron chi connectivity index (χ1n) is 6.17. The molecule has 4 N–H and O–H groups in total. The van der Waals surface area contributed by atoms with Crippen LogP contribution in [0.1, 0.15) is 22.3 Å². The zero-order valence-electron chi connectivity index (χ0n) is 10.9. The lowest BCUT2D eigenvalue weighted by atomic mass is 10.1. The van der Waals surface area contributed by atoms with Crippen molar-refractivity contribution >= 4 is 11.6 Å². The van der Waals surface area contributed by atoms with Crippen molar-refractivity contribution in [1.82, 2.24) is 10.2 Å². The number of nitrogen functional groups attached to an aromatic ring is 1. The molecule has 1 aliphatic heterocycles. The van der Waals surface area contributed by atoms with E-state index in [2.05, 4.69) is 22.7 Å². The molecule has 1 saturated heterocycles. The van der Waals surface area contributed by atoms with Crippen LogP contribution in [-0.2, 0) is 0 Å². The Morgan fingerprint density at radius 1 is 1.50 bits per heavy atom. The number of nitrogens with two attached hydrogens (primary N) is 1. The molecule has 98 valence electrons. The Kier molecular flexibility index (Phi) is 3.84. The number of aryl methyl sites for hydroxylation is 1. The zero-order chi connectivity index (χ0) is 13.1. The van der Waals surface area contributed by atoms with Crippen LogP contribution in [0.25, 0.3) is 0 Å². The first-order chi connectivity index (χ1) is 8.60. The number of carbonyl (C=O) groups is 1. The van der Waals surface area contributed by atoms with Crippen molar-refractivity contribution in [2.45, 2.75) is 19.4 Å². The van der Waals surface area contributed by atoms with Gasteiger partial charge in [-0.15, -0.1) is 0 Å². The van der Waals surface area contributed by atoms with Crippen LogP contribution in [0.15, 0.2) is 18.2 Å². The molecule has 18 heavy (non-hydrogen) atoms. The lowest BCUT2D eigenvalue weighted by Gasteiger charge is -2.15. The number of carbonyl (C=O) groups excluding carboxylic acids is 1. The topological polar surface area (TPSA) is 70.4 Å². The highest BCUT2D eigenvalue weighted by Gasteiger charge is 2.22. The van der Waals surface area contributed by atoms with E-state index in [1.165, 1.54) is 0 Å². The number of hydrazine groups is 1. The summed E-state index contributed by atoms with van der Waals surface area (Å²) >= 11 is 0. The summed E-state index contributed by atoms with van der Waals surface area (Å²) in [5, 5.41) is 3.05. The van der Waals surface area contributed by atoms with Gasteiger partial charge in [0, 0.05) is 12.6 Å². The minimum atomic E-state index is -0.0630. The smallest absolute Gasteiger partial charge is 0.253 e. The maximum Gasteiger partial charge on any atom is 0.253 e. The first kappa shape index (κ1) is 12.9. The molecular weight excluding hydrogens is 228 g/mol. The lowest BCUT2D eigenvalue weighted by Crippen LogP contribution is -2.37. The quantitative estimate of drug-likeness (QED) is 0.544. The van der Waals surface area contributed by atoms with E-state index in [1.807, 2.05) is 25.1 Å². The molecule has 0 saturated carbocycles. The number of nitrogens with zero attached hydrogens (tertiary/aromatic N) is 1. The molecule has 1 heterocycles. The average molecular weight is 248 g/mol. The van der Waals surface area contributed by atoms with E-state index in [0.717, 1.165) is 25.1 Å².